The molecule has 0 saturated carbocycles. The number of methoxy groups -OCH3 is 1. The normalized spacial score (nSPS) is 11.9. The van der Waals surface area contributed by atoms with Crippen LogP contribution in [0.5, 0.6) is 5.75 Å². The van der Waals surface area contributed by atoms with E-state index in [-0.39, 0.29) is 36.4 Å². The molecule has 5 nitrogen and oxygen atoms in total. The molecule has 1 N–H and O–H groups in total. The van der Waals surface area contributed by atoms with Crippen LogP contribution in [0.15, 0.2) is 12.1 Å². The summed E-state index contributed by atoms with van der Waals surface area (Å²) in [6.07, 6.45) is -4.38. The molecule has 1 amide bonds. The van der Waals surface area contributed by atoms with Gasteiger partial charge in [0.25, 0.3) is 0 Å². The van der Waals surface area contributed by atoms with Crippen LogP contribution >= 0.6 is 0 Å². The molecule has 0 radical (unpaired) electrons. The summed E-state index contributed by atoms with van der Waals surface area (Å²) in [6.45, 7) is 5.54. The zero-order valence-electron chi connectivity index (χ0n) is 15.6. The first-order valence-electron chi connectivity index (χ1n) is 8.30. The first kappa shape index (κ1) is 22.7. The van der Waals surface area contributed by atoms with Crippen LogP contribution in [0.4, 0.5) is 23.2 Å². The van der Waals surface area contributed by atoms with E-state index in [0.29, 0.717) is 6.42 Å². The number of nitrogens with one attached hydrogen (secondary N) is 1. The predicted octanol–water partition coefficient (Wildman–Crippen LogP) is 4.25. The van der Waals surface area contributed by atoms with Gasteiger partial charge in [-0.3, -0.25) is 9.59 Å². The Morgan fingerprint density at radius 3 is 2.33 bits per heavy atom. The van der Waals surface area contributed by atoms with Gasteiger partial charge in [0.1, 0.15) is 0 Å². The van der Waals surface area contributed by atoms with Crippen molar-refractivity contribution in [2.75, 3.05) is 19.0 Å². The van der Waals surface area contributed by atoms with E-state index >= 15 is 0 Å². The second-order valence-corrected chi connectivity index (χ2v) is 6.83. The smallest absolute Gasteiger partial charge is 0.471 e. The highest BCUT2D eigenvalue weighted by Gasteiger charge is 2.39. The third-order valence-electron chi connectivity index (χ3n) is 3.64. The number of benzene rings is 1. The number of esters is 1. The molecule has 0 atom stereocenters. The van der Waals surface area contributed by atoms with Crippen molar-refractivity contribution < 1.29 is 36.6 Å². The molecule has 1 rings (SSSR count). The number of carbonyl (C=O) groups is 2. The van der Waals surface area contributed by atoms with Gasteiger partial charge in [0.15, 0.2) is 11.6 Å². The minimum absolute atomic E-state index is 0.000646. The largest absolute Gasteiger partial charge is 0.494 e. The fraction of sp³-hybridized carbons (Fsp3) is 0.556. The number of carbonyl (C=O) groups excluding carboxylic acids is 2. The molecule has 1 aromatic rings. The molecule has 0 aliphatic rings. The Bertz CT molecular complexity index is 687. The fourth-order valence-corrected chi connectivity index (χ4v) is 2.44. The Hall–Kier alpha value is -2.32. The molecule has 27 heavy (non-hydrogen) atoms. The summed E-state index contributed by atoms with van der Waals surface area (Å²) in [6, 6.07) is 1.98. The van der Waals surface area contributed by atoms with Crippen LogP contribution in [0, 0.1) is 11.2 Å². The van der Waals surface area contributed by atoms with E-state index in [1.54, 1.807) is 19.2 Å². The maximum Gasteiger partial charge on any atom is 0.471 e. The van der Waals surface area contributed by atoms with Crippen LogP contribution in [0.3, 0.4) is 0 Å². The SMILES string of the molecule is CCCOC(=O)CC(C)(C)Cc1cc(OC)c(F)cc1NC(=O)C(F)(F)F. The quantitative estimate of drug-likeness (QED) is 0.530. The Balaban J connectivity index is 3.12. The summed E-state index contributed by atoms with van der Waals surface area (Å²) in [7, 11) is 1.21. The highest BCUT2D eigenvalue weighted by molar-refractivity contribution is 5.95. The number of alkyl halides is 3. The molecule has 0 aromatic heterocycles. The molecule has 152 valence electrons. The fourth-order valence-electron chi connectivity index (χ4n) is 2.44. The zero-order chi connectivity index (χ0) is 20.8. The molecule has 0 saturated heterocycles. The number of hydrogen-bond donors (Lipinski definition) is 1. The van der Waals surface area contributed by atoms with E-state index in [2.05, 4.69) is 0 Å². The van der Waals surface area contributed by atoms with Crippen molar-refractivity contribution in [1.82, 2.24) is 0 Å². The van der Waals surface area contributed by atoms with Gasteiger partial charge in [-0.05, 0) is 29.9 Å². The highest BCUT2D eigenvalue weighted by atomic mass is 19.4. The maximum absolute atomic E-state index is 13.9. The van der Waals surface area contributed by atoms with Gasteiger partial charge in [-0.1, -0.05) is 20.8 Å². The first-order valence-corrected chi connectivity index (χ1v) is 8.30. The lowest BCUT2D eigenvalue weighted by Crippen LogP contribution is -2.31. The second kappa shape index (κ2) is 9.05. The van der Waals surface area contributed by atoms with E-state index in [0.717, 1.165) is 6.07 Å². The molecular formula is C18H23F4NO4. The minimum Gasteiger partial charge on any atom is -0.494 e. The van der Waals surface area contributed by atoms with Gasteiger partial charge in [0.2, 0.25) is 0 Å². The molecule has 1 aromatic carbocycles. The molecule has 0 bridgehead atoms. The van der Waals surface area contributed by atoms with Gasteiger partial charge in [0.05, 0.1) is 20.1 Å². The Morgan fingerprint density at radius 2 is 1.81 bits per heavy atom. The Kier molecular flexibility index (Phi) is 7.62. The molecule has 0 aliphatic heterocycles. The van der Waals surface area contributed by atoms with Crippen LogP contribution in [-0.4, -0.2) is 31.8 Å². The molecule has 9 heteroatoms. The van der Waals surface area contributed by atoms with Crippen molar-refractivity contribution in [1.29, 1.82) is 0 Å². The van der Waals surface area contributed by atoms with Crippen LogP contribution in [-0.2, 0) is 20.7 Å². The summed E-state index contributed by atoms with van der Waals surface area (Å²) >= 11 is 0. The third kappa shape index (κ3) is 7.07. The summed E-state index contributed by atoms with van der Waals surface area (Å²) in [5.74, 6) is -3.76. The first-order chi connectivity index (χ1) is 12.4. The van der Waals surface area contributed by atoms with Crippen molar-refractivity contribution in [3.63, 3.8) is 0 Å². The minimum atomic E-state index is -5.12. The molecule has 0 unspecified atom stereocenters. The monoisotopic (exact) mass is 393 g/mol. The lowest BCUT2D eigenvalue weighted by atomic mass is 9.82. The Labute approximate surface area is 155 Å². The lowest BCUT2D eigenvalue weighted by Gasteiger charge is -2.25. The summed E-state index contributed by atoms with van der Waals surface area (Å²) in [5, 5.41) is 1.68. The number of halogens is 4. The zero-order valence-corrected chi connectivity index (χ0v) is 15.6. The van der Waals surface area contributed by atoms with E-state index in [9.17, 15) is 27.2 Å². The van der Waals surface area contributed by atoms with Crippen molar-refractivity contribution >= 4 is 17.6 Å². The summed E-state index contributed by atoms with van der Waals surface area (Å²) in [5.41, 5.74) is -0.837. The van der Waals surface area contributed by atoms with Gasteiger partial charge in [0, 0.05) is 11.8 Å². The van der Waals surface area contributed by atoms with Crippen molar-refractivity contribution in [3.8, 4) is 5.75 Å². The van der Waals surface area contributed by atoms with E-state index in [4.69, 9.17) is 9.47 Å². The van der Waals surface area contributed by atoms with Crippen molar-refractivity contribution in [3.05, 3.63) is 23.5 Å². The molecular weight excluding hydrogens is 370 g/mol. The second-order valence-electron chi connectivity index (χ2n) is 6.83. The van der Waals surface area contributed by atoms with Crippen LogP contribution in [0.25, 0.3) is 0 Å². The van der Waals surface area contributed by atoms with Crippen LogP contribution in [0.2, 0.25) is 0 Å². The van der Waals surface area contributed by atoms with E-state index < -0.39 is 29.3 Å². The van der Waals surface area contributed by atoms with Gasteiger partial charge >= 0.3 is 18.1 Å². The Morgan fingerprint density at radius 1 is 1.19 bits per heavy atom. The number of rotatable bonds is 8. The summed E-state index contributed by atoms with van der Waals surface area (Å²) in [4.78, 5) is 23.1. The van der Waals surface area contributed by atoms with Crippen molar-refractivity contribution in [2.45, 2.75) is 46.2 Å². The standard InChI is InChI=1S/C18H23F4NO4/c1-5-6-27-15(24)10-17(2,3)9-11-7-14(26-4)12(19)8-13(11)23-16(25)18(20,21)22/h7-8H,5-6,9-10H2,1-4H3,(H,23,25). The maximum atomic E-state index is 13.9. The highest BCUT2D eigenvalue weighted by Crippen LogP contribution is 2.34. The third-order valence-corrected chi connectivity index (χ3v) is 3.64. The average molecular weight is 393 g/mol. The van der Waals surface area contributed by atoms with E-state index in [1.807, 2.05) is 6.92 Å². The molecule has 0 heterocycles. The topological polar surface area (TPSA) is 64.6 Å². The average Bonchev–Trinajstić information content (AvgIpc) is 2.53. The molecule has 0 aliphatic carbocycles. The number of ether oxygens (including phenoxy) is 2. The molecule has 0 spiro atoms. The lowest BCUT2D eigenvalue weighted by molar-refractivity contribution is -0.167. The van der Waals surface area contributed by atoms with Gasteiger partial charge < -0.3 is 14.8 Å². The number of hydrogen-bond acceptors (Lipinski definition) is 4. The number of anilines is 1. The molecule has 0 fully saturated rings. The summed E-state index contributed by atoms with van der Waals surface area (Å²) < 4.78 is 61.5. The number of amides is 1. The van der Waals surface area contributed by atoms with Crippen LogP contribution in [0.1, 0.15) is 39.2 Å². The van der Waals surface area contributed by atoms with Crippen LogP contribution < -0.4 is 10.1 Å². The predicted molar refractivity (Wildman–Crippen MR) is 91.0 cm³/mol. The van der Waals surface area contributed by atoms with Crippen molar-refractivity contribution in [2.24, 2.45) is 5.41 Å². The van der Waals surface area contributed by atoms with Gasteiger partial charge in [-0.2, -0.15) is 13.2 Å². The van der Waals surface area contributed by atoms with E-state index in [1.165, 1.54) is 13.2 Å². The van der Waals surface area contributed by atoms with Gasteiger partial charge in [-0.15, -0.1) is 0 Å². The van der Waals surface area contributed by atoms with Gasteiger partial charge in [-0.25, -0.2) is 4.39 Å².